The van der Waals surface area contributed by atoms with Gasteiger partial charge in [-0.15, -0.1) is 0 Å². The number of anilines is 1. The highest BCUT2D eigenvalue weighted by atomic mass is 16.5. The number of rotatable bonds is 8. The van der Waals surface area contributed by atoms with E-state index in [1.54, 1.807) is 36.4 Å². The van der Waals surface area contributed by atoms with Crippen LogP contribution in [-0.4, -0.2) is 31.2 Å². The lowest BCUT2D eigenvalue weighted by Crippen LogP contribution is -2.17. The van der Waals surface area contributed by atoms with Crippen LogP contribution in [0.3, 0.4) is 0 Å². The quantitative estimate of drug-likeness (QED) is 0.552. The molecule has 27 heavy (non-hydrogen) atoms. The second-order valence-corrected chi connectivity index (χ2v) is 5.53. The van der Waals surface area contributed by atoms with Crippen molar-refractivity contribution in [1.29, 1.82) is 0 Å². The van der Waals surface area contributed by atoms with E-state index in [1.165, 1.54) is 13.1 Å². The SMILES string of the molecule is CCOc1ccc(/C=N\NC(=O)c2ccc(NC(C)=O)cc2)cc1OCC. The summed E-state index contributed by atoms with van der Waals surface area (Å²) >= 11 is 0. The Morgan fingerprint density at radius 2 is 1.67 bits per heavy atom. The molecule has 0 aliphatic rings. The molecule has 0 saturated carbocycles. The molecule has 0 aromatic heterocycles. The molecule has 2 aromatic carbocycles. The van der Waals surface area contributed by atoms with Gasteiger partial charge in [-0.1, -0.05) is 0 Å². The standard InChI is InChI=1S/C20H23N3O4/c1-4-26-18-11-6-15(12-19(18)27-5-2)13-21-23-20(25)16-7-9-17(10-8-16)22-14(3)24/h6-13H,4-5H2,1-3H3,(H,22,24)(H,23,25)/b21-13-. The number of nitrogens with one attached hydrogen (secondary N) is 2. The molecule has 0 unspecified atom stereocenters. The van der Waals surface area contributed by atoms with Gasteiger partial charge in [0, 0.05) is 18.2 Å². The summed E-state index contributed by atoms with van der Waals surface area (Å²) in [6.45, 7) is 6.29. The van der Waals surface area contributed by atoms with E-state index in [0.29, 0.717) is 36.0 Å². The maximum absolute atomic E-state index is 12.1. The molecule has 0 bridgehead atoms. The van der Waals surface area contributed by atoms with E-state index >= 15 is 0 Å². The zero-order valence-electron chi connectivity index (χ0n) is 15.6. The van der Waals surface area contributed by atoms with E-state index in [-0.39, 0.29) is 11.8 Å². The summed E-state index contributed by atoms with van der Waals surface area (Å²) < 4.78 is 11.1. The second kappa shape index (κ2) is 9.96. The lowest BCUT2D eigenvalue weighted by Gasteiger charge is -2.11. The first-order valence-corrected chi connectivity index (χ1v) is 8.64. The molecule has 142 valence electrons. The fraction of sp³-hybridized carbons (Fsp3) is 0.250. The number of hydrogen-bond acceptors (Lipinski definition) is 5. The molecule has 0 atom stereocenters. The van der Waals surface area contributed by atoms with Crippen molar-refractivity contribution in [3.8, 4) is 11.5 Å². The van der Waals surface area contributed by atoms with E-state index < -0.39 is 0 Å². The molecule has 0 aliphatic carbocycles. The predicted molar refractivity (Wildman–Crippen MR) is 105 cm³/mol. The number of carbonyl (C=O) groups excluding carboxylic acids is 2. The van der Waals surface area contributed by atoms with Gasteiger partial charge in [-0.3, -0.25) is 9.59 Å². The van der Waals surface area contributed by atoms with Crippen LogP contribution >= 0.6 is 0 Å². The highest BCUT2D eigenvalue weighted by Crippen LogP contribution is 2.27. The van der Waals surface area contributed by atoms with Crippen molar-refractivity contribution >= 4 is 23.7 Å². The van der Waals surface area contributed by atoms with Gasteiger partial charge in [0.25, 0.3) is 5.91 Å². The van der Waals surface area contributed by atoms with Crippen molar-refractivity contribution in [2.24, 2.45) is 5.10 Å². The van der Waals surface area contributed by atoms with Gasteiger partial charge < -0.3 is 14.8 Å². The molecule has 7 heteroatoms. The number of ether oxygens (including phenoxy) is 2. The Balaban J connectivity index is 2.00. The van der Waals surface area contributed by atoms with Crippen LogP contribution in [0.1, 0.15) is 36.7 Å². The number of hydrogen-bond donors (Lipinski definition) is 2. The van der Waals surface area contributed by atoms with Crippen LogP contribution in [0, 0.1) is 0 Å². The van der Waals surface area contributed by atoms with Crippen LogP contribution in [0.5, 0.6) is 11.5 Å². The van der Waals surface area contributed by atoms with Gasteiger partial charge in [-0.25, -0.2) is 5.43 Å². The van der Waals surface area contributed by atoms with Crippen molar-refractivity contribution in [2.45, 2.75) is 20.8 Å². The van der Waals surface area contributed by atoms with Gasteiger partial charge in [-0.05, 0) is 61.9 Å². The zero-order chi connectivity index (χ0) is 19.6. The number of amides is 2. The normalized spacial score (nSPS) is 10.5. The molecule has 2 N–H and O–H groups in total. The Kier molecular flexibility index (Phi) is 7.37. The van der Waals surface area contributed by atoms with E-state index in [2.05, 4.69) is 15.8 Å². The van der Waals surface area contributed by atoms with E-state index in [4.69, 9.17) is 9.47 Å². The van der Waals surface area contributed by atoms with E-state index in [9.17, 15) is 9.59 Å². The third kappa shape index (κ3) is 6.14. The van der Waals surface area contributed by atoms with Crippen LogP contribution in [0.25, 0.3) is 0 Å². The molecule has 0 saturated heterocycles. The zero-order valence-corrected chi connectivity index (χ0v) is 15.6. The fourth-order valence-corrected chi connectivity index (χ4v) is 2.29. The van der Waals surface area contributed by atoms with Crippen molar-refractivity contribution in [3.05, 3.63) is 53.6 Å². The second-order valence-electron chi connectivity index (χ2n) is 5.53. The van der Waals surface area contributed by atoms with Crippen molar-refractivity contribution in [1.82, 2.24) is 5.43 Å². The number of hydrazone groups is 1. The number of carbonyl (C=O) groups is 2. The van der Waals surface area contributed by atoms with Crippen molar-refractivity contribution in [3.63, 3.8) is 0 Å². The Labute approximate surface area is 158 Å². The lowest BCUT2D eigenvalue weighted by atomic mass is 10.2. The summed E-state index contributed by atoms with van der Waals surface area (Å²) in [5.41, 5.74) is 4.30. The summed E-state index contributed by atoms with van der Waals surface area (Å²) in [6, 6.07) is 12.0. The van der Waals surface area contributed by atoms with Crippen LogP contribution in [0.2, 0.25) is 0 Å². The predicted octanol–water partition coefficient (Wildman–Crippen LogP) is 3.21. The van der Waals surface area contributed by atoms with Crippen LogP contribution in [0.15, 0.2) is 47.6 Å². The smallest absolute Gasteiger partial charge is 0.271 e. The molecule has 0 radical (unpaired) electrons. The molecule has 2 amide bonds. The van der Waals surface area contributed by atoms with Gasteiger partial charge in [-0.2, -0.15) is 5.10 Å². The summed E-state index contributed by atoms with van der Waals surface area (Å²) in [5.74, 6) is 0.776. The van der Waals surface area contributed by atoms with E-state index in [1.807, 2.05) is 19.9 Å². The summed E-state index contributed by atoms with van der Waals surface area (Å²) in [4.78, 5) is 23.1. The third-order valence-corrected chi connectivity index (χ3v) is 3.41. The Hall–Kier alpha value is -3.35. The maximum atomic E-state index is 12.1. The Bertz CT molecular complexity index is 816. The molecule has 0 spiro atoms. The first kappa shape index (κ1) is 20.0. The highest BCUT2D eigenvalue weighted by molar-refractivity contribution is 5.96. The van der Waals surface area contributed by atoms with Gasteiger partial charge in [0.15, 0.2) is 11.5 Å². The van der Waals surface area contributed by atoms with Crippen molar-refractivity contribution < 1.29 is 19.1 Å². The summed E-state index contributed by atoms with van der Waals surface area (Å²) in [7, 11) is 0. The topological polar surface area (TPSA) is 89.0 Å². The molecule has 0 heterocycles. The number of benzene rings is 2. The Morgan fingerprint density at radius 1 is 1.00 bits per heavy atom. The van der Waals surface area contributed by atoms with Crippen LogP contribution in [0.4, 0.5) is 5.69 Å². The highest BCUT2D eigenvalue weighted by Gasteiger charge is 2.06. The lowest BCUT2D eigenvalue weighted by molar-refractivity contribution is -0.114. The molecular formula is C20H23N3O4. The third-order valence-electron chi connectivity index (χ3n) is 3.41. The molecule has 2 aromatic rings. The van der Waals surface area contributed by atoms with Gasteiger partial charge >= 0.3 is 0 Å². The average Bonchev–Trinajstić information content (AvgIpc) is 2.64. The average molecular weight is 369 g/mol. The largest absolute Gasteiger partial charge is 0.490 e. The molecule has 7 nitrogen and oxygen atoms in total. The maximum Gasteiger partial charge on any atom is 0.271 e. The monoisotopic (exact) mass is 369 g/mol. The summed E-state index contributed by atoms with van der Waals surface area (Å²) in [5, 5.41) is 6.62. The first-order chi connectivity index (χ1) is 13.0. The first-order valence-electron chi connectivity index (χ1n) is 8.64. The van der Waals surface area contributed by atoms with E-state index in [0.717, 1.165) is 5.56 Å². The Morgan fingerprint density at radius 3 is 2.30 bits per heavy atom. The van der Waals surface area contributed by atoms with Crippen LogP contribution in [-0.2, 0) is 4.79 Å². The fourth-order valence-electron chi connectivity index (χ4n) is 2.29. The molecule has 0 aliphatic heterocycles. The minimum atomic E-state index is -0.350. The minimum Gasteiger partial charge on any atom is -0.490 e. The molecule has 2 rings (SSSR count). The molecular weight excluding hydrogens is 346 g/mol. The minimum absolute atomic E-state index is 0.168. The summed E-state index contributed by atoms with van der Waals surface area (Å²) in [6.07, 6.45) is 1.53. The van der Waals surface area contributed by atoms with Gasteiger partial charge in [0.1, 0.15) is 0 Å². The van der Waals surface area contributed by atoms with Gasteiger partial charge in [0.2, 0.25) is 5.91 Å². The van der Waals surface area contributed by atoms with Gasteiger partial charge in [0.05, 0.1) is 19.4 Å². The van der Waals surface area contributed by atoms with Crippen molar-refractivity contribution in [2.75, 3.05) is 18.5 Å². The molecule has 0 fully saturated rings. The van der Waals surface area contributed by atoms with Crippen LogP contribution < -0.4 is 20.2 Å². The number of nitrogens with zero attached hydrogens (tertiary/aromatic N) is 1.